The second kappa shape index (κ2) is 6.76. The normalized spacial score (nSPS) is 11.1. The molecule has 0 saturated carbocycles. The van der Waals surface area contributed by atoms with Crippen LogP contribution >= 0.6 is 0 Å². The van der Waals surface area contributed by atoms with Crippen LogP contribution < -0.4 is 10.4 Å². The summed E-state index contributed by atoms with van der Waals surface area (Å²) >= 11 is 0. The van der Waals surface area contributed by atoms with Gasteiger partial charge < -0.3 is 14.3 Å². The number of phenolic OH excluding ortho intramolecular Hbond substituents is 1. The van der Waals surface area contributed by atoms with Crippen molar-refractivity contribution in [1.29, 1.82) is 0 Å². The Bertz CT molecular complexity index is 899. The monoisotopic (exact) mass is 325 g/mol. The minimum Gasteiger partial charge on any atom is -0.508 e. The molecule has 3 rings (SSSR count). The zero-order chi connectivity index (χ0) is 17.1. The van der Waals surface area contributed by atoms with E-state index in [1.807, 2.05) is 31.3 Å². The van der Waals surface area contributed by atoms with E-state index < -0.39 is 5.63 Å². The summed E-state index contributed by atoms with van der Waals surface area (Å²) in [6.45, 7) is 1.34. The van der Waals surface area contributed by atoms with Crippen LogP contribution in [0.25, 0.3) is 11.0 Å². The van der Waals surface area contributed by atoms with Crippen molar-refractivity contribution in [1.82, 2.24) is 4.90 Å². The van der Waals surface area contributed by atoms with E-state index in [1.165, 1.54) is 12.1 Å². The van der Waals surface area contributed by atoms with Gasteiger partial charge in [-0.25, -0.2) is 4.79 Å². The predicted octanol–water partition coefficient (Wildman–Crippen LogP) is 3.14. The highest BCUT2D eigenvalue weighted by atomic mass is 16.5. The highest BCUT2D eigenvalue weighted by Gasteiger charge is 2.09. The molecule has 0 aliphatic rings. The largest absolute Gasteiger partial charge is 0.508 e. The molecular weight excluding hydrogens is 306 g/mol. The first-order valence-corrected chi connectivity index (χ1v) is 7.62. The number of aromatic hydroxyl groups is 1. The number of benzene rings is 2. The quantitative estimate of drug-likeness (QED) is 0.730. The first kappa shape index (κ1) is 16.1. The summed E-state index contributed by atoms with van der Waals surface area (Å²) in [4.78, 5) is 13.9. The summed E-state index contributed by atoms with van der Waals surface area (Å²) in [5.74, 6) is 0.905. The average Bonchev–Trinajstić information content (AvgIpc) is 2.54. The van der Waals surface area contributed by atoms with E-state index in [9.17, 15) is 9.90 Å². The Kier molecular flexibility index (Phi) is 4.53. The highest BCUT2D eigenvalue weighted by Crippen LogP contribution is 2.23. The van der Waals surface area contributed by atoms with Gasteiger partial charge in [-0.1, -0.05) is 12.1 Å². The Morgan fingerprint density at radius 1 is 1.08 bits per heavy atom. The molecule has 0 unspecified atom stereocenters. The first-order chi connectivity index (χ1) is 11.5. The van der Waals surface area contributed by atoms with Gasteiger partial charge in [0.15, 0.2) is 0 Å². The number of fused-ring (bicyclic) bond motifs is 1. The van der Waals surface area contributed by atoms with Gasteiger partial charge in [0.1, 0.15) is 17.1 Å². The van der Waals surface area contributed by atoms with Gasteiger partial charge >= 0.3 is 5.63 Å². The molecule has 1 aromatic heterocycles. The average molecular weight is 325 g/mol. The molecule has 24 heavy (non-hydrogen) atoms. The Hall–Kier alpha value is -2.79. The third kappa shape index (κ3) is 3.58. The van der Waals surface area contributed by atoms with Gasteiger partial charge in [-0.05, 0) is 42.4 Å². The maximum atomic E-state index is 11.7. The van der Waals surface area contributed by atoms with E-state index in [0.29, 0.717) is 12.1 Å². The number of ether oxygens (including phenoxy) is 1. The highest BCUT2D eigenvalue weighted by molar-refractivity contribution is 5.81. The summed E-state index contributed by atoms with van der Waals surface area (Å²) in [5, 5.41) is 10.4. The second-order valence-corrected chi connectivity index (χ2v) is 5.79. The van der Waals surface area contributed by atoms with Gasteiger partial charge in [0.2, 0.25) is 0 Å². The van der Waals surface area contributed by atoms with Crippen molar-refractivity contribution in [2.75, 3.05) is 14.2 Å². The molecule has 124 valence electrons. The van der Waals surface area contributed by atoms with Crippen LogP contribution in [0.15, 0.2) is 57.7 Å². The van der Waals surface area contributed by atoms with Gasteiger partial charge in [-0.2, -0.15) is 0 Å². The number of methoxy groups -OCH3 is 1. The third-order valence-electron chi connectivity index (χ3n) is 3.87. The Balaban J connectivity index is 1.82. The van der Waals surface area contributed by atoms with Crippen LogP contribution in [0.4, 0.5) is 0 Å². The fourth-order valence-electron chi connectivity index (χ4n) is 2.74. The number of hydrogen-bond acceptors (Lipinski definition) is 5. The maximum absolute atomic E-state index is 11.7. The molecule has 5 nitrogen and oxygen atoms in total. The van der Waals surface area contributed by atoms with Crippen LogP contribution in [-0.4, -0.2) is 24.2 Å². The molecule has 0 fully saturated rings. The molecule has 0 aliphatic heterocycles. The predicted molar refractivity (Wildman–Crippen MR) is 92.3 cm³/mol. The van der Waals surface area contributed by atoms with E-state index in [4.69, 9.17) is 9.15 Å². The lowest BCUT2D eigenvalue weighted by Gasteiger charge is -2.18. The van der Waals surface area contributed by atoms with Crippen LogP contribution in [0.2, 0.25) is 0 Å². The smallest absolute Gasteiger partial charge is 0.336 e. The Labute approximate surface area is 139 Å². The fraction of sp³-hybridized carbons (Fsp3) is 0.211. The van der Waals surface area contributed by atoms with Crippen molar-refractivity contribution in [3.05, 3.63) is 70.1 Å². The summed E-state index contributed by atoms with van der Waals surface area (Å²) in [6, 6.07) is 14.2. The van der Waals surface area contributed by atoms with Crippen molar-refractivity contribution in [2.45, 2.75) is 13.1 Å². The molecule has 0 amide bonds. The second-order valence-electron chi connectivity index (χ2n) is 5.79. The molecule has 0 radical (unpaired) electrons. The van der Waals surface area contributed by atoms with Crippen molar-refractivity contribution in [3.8, 4) is 11.5 Å². The minimum absolute atomic E-state index is 0.0781. The van der Waals surface area contributed by atoms with Gasteiger partial charge in [-0.3, -0.25) is 4.90 Å². The molecule has 2 aromatic carbocycles. The van der Waals surface area contributed by atoms with Gasteiger partial charge in [0.25, 0.3) is 0 Å². The van der Waals surface area contributed by atoms with Gasteiger partial charge in [0, 0.05) is 30.6 Å². The lowest BCUT2D eigenvalue weighted by molar-refractivity contribution is 0.319. The topological polar surface area (TPSA) is 62.9 Å². The zero-order valence-corrected chi connectivity index (χ0v) is 13.7. The van der Waals surface area contributed by atoms with E-state index in [2.05, 4.69) is 4.90 Å². The van der Waals surface area contributed by atoms with Crippen LogP contribution in [0, 0.1) is 0 Å². The molecular formula is C19H19NO4. The standard InChI is InChI=1S/C19H19NO4/c1-20(11-13-3-6-16(23-2)7-4-13)12-14-9-19(22)24-18-10-15(21)5-8-17(14)18/h3-10,21H,11-12H2,1-2H3. The Morgan fingerprint density at radius 2 is 1.83 bits per heavy atom. The van der Waals surface area contributed by atoms with Crippen LogP contribution in [-0.2, 0) is 13.1 Å². The molecule has 0 spiro atoms. The van der Waals surface area contributed by atoms with Crippen molar-refractivity contribution < 1.29 is 14.3 Å². The summed E-state index contributed by atoms with van der Waals surface area (Å²) in [5.41, 5.74) is 2.01. The SMILES string of the molecule is COc1ccc(CN(C)Cc2cc(=O)oc3cc(O)ccc23)cc1. The van der Waals surface area contributed by atoms with E-state index >= 15 is 0 Å². The van der Waals surface area contributed by atoms with Crippen LogP contribution in [0.5, 0.6) is 11.5 Å². The lowest BCUT2D eigenvalue weighted by atomic mass is 10.1. The third-order valence-corrected chi connectivity index (χ3v) is 3.87. The van der Waals surface area contributed by atoms with E-state index in [0.717, 1.165) is 28.8 Å². The number of hydrogen-bond donors (Lipinski definition) is 1. The zero-order valence-electron chi connectivity index (χ0n) is 13.7. The van der Waals surface area contributed by atoms with Crippen molar-refractivity contribution >= 4 is 11.0 Å². The first-order valence-electron chi connectivity index (χ1n) is 7.62. The summed E-state index contributed by atoms with van der Waals surface area (Å²) in [7, 11) is 3.64. The number of nitrogens with zero attached hydrogens (tertiary/aromatic N) is 1. The van der Waals surface area contributed by atoms with Crippen LogP contribution in [0.1, 0.15) is 11.1 Å². The number of rotatable bonds is 5. The van der Waals surface area contributed by atoms with Gasteiger partial charge in [-0.15, -0.1) is 0 Å². The van der Waals surface area contributed by atoms with Crippen LogP contribution in [0.3, 0.4) is 0 Å². The lowest BCUT2D eigenvalue weighted by Crippen LogP contribution is -2.18. The molecule has 1 heterocycles. The molecule has 0 aliphatic carbocycles. The maximum Gasteiger partial charge on any atom is 0.336 e. The molecule has 1 N–H and O–H groups in total. The molecule has 0 bridgehead atoms. The summed E-state index contributed by atoms with van der Waals surface area (Å²) < 4.78 is 10.3. The van der Waals surface area contributed by atoms with E-state index in [1.54, 1.807) is 19.2 Å². The molecule has 0 saturated heterocycles. The molecule has 0 atom stereocenters. The molecule has 3 aromatic rings. The Morgan fingerprint density at radius 3 is 2.54 bits per heavy atom. The summed E-state index contributed by atoms with van der Waals surface area (Å²) in [6.07, 6.45) is 0. The minimum atomic E-state index is -0.416. The van der Waals surface area contributed by atoms with Crippen molar-refractivity contribution in [2.24, 2.45) is 0 Å². The van der Waals surface area contributed by atoms with E-state index in [-0.39, 0.29) is 5.75 Å². The molecule has 5 heteroatoms. The van der Waals surface area contributed by atoms with Gasteiger partial charge in [0.05, 0.1) is 7.11 Å². The fourth-order valence-corrected chi connectivity index (χ4v) is 2.74. The van der Waals surface area contributed by atoms with Crippen molar-refractivity contribution in [3.63, 3.8) is 0 Å². The number of phenols is 1.